The predicted octanol–water partition coefficient (Wildman–Crippen LogP) is 2.36. The molecule has 88 valence electrons. The molecule has 0 aromatic carbocycles. The van der Waals surface area contributed by atoms with E-state index in [0.29, 0.717) is 0 Å². The minimum absolute atomic E-state index is 0.127. The van der Waals surface area contributed by atoms with Crippen molar-refractivity contribution in [1.82, 2.24) is 10.2 Å². The first-order valence-corrected chi connectivity index (χ1v) is 5.54. The molecule has 0 amide bonds. The second-order valence-electron chi connectivity index (χ2n) is 6.13. The molecule has 4 nitrogen and oxygen atoms in total. The van der Waals surface area contributed by atoms with Crippen LogP contribution in [0.2, 0.25) is 0 Å². The van der Waals surface area contributed by atoms with Crippen molar-refractivity contribution < 1.29 is 9.90 Å². The van der Waals surface area contributed by atoms with Crippen LogP contribution in [-0.4, -0.2) is 21.3 Å². The number of hydrogen-bond acceptors (Lipinski definition) is 2. The molecule has 0 aliphatic heterocycles. The van der Waals surface area contributed by atoms with E-state index in [1.807, 2.05) is 0 Å². The third-order valence-electron chi connectivity index (χ3n) is 3.30. The topological polar surface area (TPSA) is 66.0 Å². The number of carboxylic acids is 1. The standard InChI is InChI=1S/C12H18N2O2/c1-11(2)5-7-8(12(3,4)6-11)9(10(15)16)14-13-7/h5-6H2,1-4H3,(H,13,14)(H,15,16). The van der Waals surface area contributed by atoms with Gasteiger partial charge in [0.05, 0.1) is 0 Å². The average molecular weight is 222 g/mol. The van der Waals surface area contributed by atoms with Crippen molar-refractivity contribution in [2.24, 2.45) is 5.41 Å². The molecule has 1 aromatic heterocycles. The maximum atomic E-state index is 11.1. The molecular weight excluding hydrogens is 204 g/mol. The molecule has 2 rings (SSSR count). The van der Waals surface area contributed by atoms with Crippen molar-refractivity contribution in [1.29, 1.82) is 0 Å². The van der Waals surface area contributed by atoms with Crippen LogP contribution in [0.1, 0.15) is 55.9 Å². The van der Waals surface area contributed by atoms with Crippen molar-refractivity contribution in [3.8, 4) is 0 Å². The summed E-state index contributed by atoms with van der Waals surface area (Å²) in [6.07, 6.45) is 1.85. The number of fused-ring (bicyclic) bond motifs is 1. The van der Waals surface area contributed by atoms with Gasteiger partial charge in [0.1, 0.15) is 0 Å². The van der Waals surface area contributed by atoms with Gasteiger partial charge in [-0.3, -0.25) is 5.10 Å². The molecule has 0 bridgehead atoms. The molecule has 0 saturated heterocycles. The lowest BCUT2D eigenvalue weighted by Gasteiger charge is -2.40. The second-order valence-corrected chi connectivity index (χ2v) is 6.13. The summed E-state index contributed by atoms with van der Waals surface area (Å²) in [7, 11) is 0. The number of nitrogens with zero attached hydrogens (tertiary/aromatic N) is 1. The fraction of sp³-hybridized carbons (Fsp3) is 0.667. The monoisotopic (exact) mass is 222 g/mol. The van der Waals surface area contributed by atoms with Gasteiger partial charge in [0.15, 0.2) is 5.69 Å². The van der Waals surface area contributed by atoms with Gasteiger partial charge in [-0.15, -0.1) is 0 Å². The predicted molar refractivity (Wildman–Crippen MR) is 60.7 cm³/mol. The molecule has 0 saturated carbocycles. The third-order valence-corrected chi connectivity index (χ3v) is 3.30. The molecule has 0 spiro atoms. The largest absolute Gasteiger partial charge is 0.476 e. The van der Waals surface area contributed by atoms with Crippen LogP contribution in [-0.2, 0) is 11.8 Å². The Morgan fingerprint density at radius 2 is 2.00 bits per heavy atom. The Balaban J connectivity index is 2.58. The zero-order valence-corrected chi connectivity index (χ0v) is 10.2. The Morgan fingerprint density at radius 3 is 2.56 bits per heavy atom. The van der Waals surface area contributed by atoms with Gasteiger partial charge in [-0.25, -0.2) is 4.79 Å². The molecule has 1 heterocycles. The highest BCUT2D eigenvalue weighted by Crippen LogP contribution is 2.45. The fourth-order valence-electron chi connectivity index (χ4n) is 3.22. The van der Waals surface area contributed by atoms with E-state index in [-0.39, 0.29) is 16.5 Å². The molecule has 0 unspecified atom stereocenters. The van der Waals surface area contributed by atoms with Crippen molar-refractivity contribution in [3.63, 3.8) is 0 Å². The van der Waals surface area contributed by atoms with E-state index in [0.717, 1.165) is 24.1 Å². The Labute approximate surface area is 95.1 Å². The van der Waals surface area contributed by atoms with Crippen LogP contribution in [0.3, 0.4) is 0 Å². The van der Waals surface area contributed by atoms with Crippen LogP contribution in [0, 0.1) is 5.41 Å². The molecule has 4 heteroatoms. The molecule has 16 heavy (non-hydrogen) atoms. The number of aromatic nitrogens is 2. The quantitative estimate of drug-likeness (QED) is 0.766. The van der Waals surface area contributed by atoms with E-state index in [4.69, 9.17) is 5.11 Å². The van der Waals surface area contributed by atoms with Gasteiger partial charge in [0, 0.05) is 11.3 Å². The summed E-state index contributed by atoms with van der Waals surface area (Å²) < 4.78 is 0. The van der Waals surface area contributed by atoms with Crippen LogP contribution >= 0.6 is 0 Å². The van der Waals surface area contributed by atoms with E-state index < -0.39 is 5.97 Å². The normalized spacial score (nSPS) is 21.5. The fourth-order valence-corrected chi connectivity index (χ4v) is 3.22. The molecule has 1 aliphatic carbocycles. The number of rotatable bonds is 1. The van der Waals surface area contributed by atoms with Crippen molar-refractivity contribution >= 4 is 5.97 Å². The minimum atomic E-state index is -0.940. The van der Waals surface area contributed by atoms with Crippen molar-refractivity contribution in [2.75, 3.05) is 0 Å². The molecule has 0 fully saturated rings. The summed E-state index contributed by atoms with van der Waals surface area (Å²) in [5, 5.41) is 15.9. The number of aromatic amines is 1. The van der Waals surface area contributed by atoms with Crippen LogP contribution in [0.15, 0.2) is 0 Å². The van der Waals surface area contributed by atoms with Crippen molar-refractivity contribution in [2.45, 2.75) is 46.0 Å². The van der Waals surface area contributed by atoms with Crippen molar-refractivity contribution in [3.05, 3.63) is 17.0 Å². The maximum Gasteiger partial charge on any atom is 0.356 e. The first kappa shape index (κ1) is 11.2. The number of aromatic carboxylic acids is 1. The van der Waals surface area contributed by atoms with Gasteiger partial charge in [0.25, 0.3) is 0 Å². The van der Waals surface area contributed by atoms with Crippen LogP contribution in [0.25, 0.3) is 0 Å². The maximum absolute atomic E-state index is 11.1. The number of carboxylic acid groups (broad SMARTS) is 1. The number of H-pyrrole nitrogens is 1. The van der Waals surface area contributed by atoms with E-state index in [1.54, 1.807) is 0 Å². The molecule has 2 N–H and O–H groups in total. The summed E-state index contributed by atoms with van der Waals surface area (Å²) in [5.74, 6) is -0.940. The summed E-state index contributed by atoms with van der Waals surface area (Å²) in [5.41, 5.74) is 2.13. The summed E-state index contributed by atoms with van der Waals surface area (Å²) in [6.45, 7) is 8.60. The highest BCUT2D eigenvalue weighted by molar-refractivity contribution is 5.88. The van der Waals surface area contributed by atoms with Gasteiger partial charge < -0.3 is 5.11 Å². The summed E-state index contributed by atoms with van der Waals surface area (Å²) in [6, 6.07) is 0. The van der Waals surface area contributed by atoms with Gasteiger partial charge in [-0.1, -0.05) is 27.7 Å². The minimum Gasteiger partial charge on any atom is -0.476 e. The third kappa shape index (κ3) is 1.62. The molecule has 0 atom stereocenters. The van der Waals surface area contributed by atoms with E-state index in [1.165, 1.54) is 0 Å². The average Bonchev–Trinajstić information content (AvgIpc) is 2.43. The Kier molecular flexibility index (Phi) is 2.16. The Bertz CT molecular complexity index is 444. The number of nitrogens with one attached hydrogen (secondary N) is 1. The van der Waals surface area contributed by atoms with Crippen LogP contribution in [0.5, 0.6) is 0 Å². The lowest BCUT2D eigenvalue weighted by atomic mass is 9.64. The van der Waals surface area contributed by atoms with Gasteiger partial charge in [-0.2, -0.15) is 5.10 Å². The first-order chi connectivity index (χ1) is 7.23. The second kappa shape index (κ2) is 3.09. The Hall–Kier alpha value is -1.32. The number of hydrogen-bond donors (Lipinski definition) is 2. The summed E-state index contributed by atoms with van der Waals surface area (Å²) in [4.78, 5) is 11.1. The first-order valence-electron chi connectivity index (χ1n) is 5.54. The van der Waals surface area contributed by atoms with Gasteiger partial charge >= 0.3 is 5.97 Å². The summed E-state index contributed by atoms with van der Waals surface area (Å²) >= 11 is 0. The lowest BCUT2D eigenvalue weighted by molar-refractivity contribution is 0.0685. The van der Waals surface area contributed by atoms with E-state index in [9.17, 15) is 4.79 Å². The molecule has 1 aromatic rings. The molecule has 0 radical (unpaired) electrons. The molecular formula is C12H18N2O2. The zero-order valence-electron chi connectivity index (χ0n) is 10.2. The van der Waals surface area contributed by atoms with E-state index >= 15 is 0 Å². The van der Waals surface area contributed by atoms with Crippen LogP contribution < -0.4 is 0 Å². The lowest BCUT2D eigenvalue weighted by Crippen LogP contribution is -2.35. The highest BCUT2D eigenvalue weighted by atomic mass is 16.4. The van der Waals surface area contributed by atoms with Crippen LogP contribution in [0.4, 0.5) is 0 Å². The zero-order chi connectivity index (χ0) is 12.1. The SMILES string of the molecule is CC1(C)Cc2[nH]nc(C(=O)O)c2C(C)(C)C1. The smallest absolute Gasteiger partial charge is 0.356 e. The van der Waals surface area contributed by atoms with Gasteiger partial charge in [0.2, 0.25) is 0 Å². The highest BCUT2D eigenvalue weighted by Gasteiger charge is 2.41. The Morgan fingerprint density at radius 1 is 1.38 bits per heavy atom. The number of carbonyl (C=O) groups is 1. The molecule has 1 aliphatic rings. The van der Waals surface area contributed by atoms with E-state index in [2.05, 4.69) is 37.9 Å². The van der Waals surface area contributed by atoms with Gasteiger partial charge in [-0.05, 0) is 23.7 Å².